The van der Waals surface area contributed by atoms with Crippen molar-refractivity contribution in [3.8, 4) is 11.4 Å². The number of amides is 1. The first kappa shape index (κ1) is 18.7. The van der Waals surface area contributed by atoms with Gasteiger partial charge in [0.2, 0.25) is 17.6 Å². The molecule has 1 aliphatic rings. The number of carbonyl (C=O) groups is 1. The summed E-state index contributed by atoms with van der Waals surface area (Å²) in [6, 6.07) is 7.05. The maximum Gasteiger partial charge on any atom is 0.389 e. The topological polar surface area (TPSA) is 59.2 Å². The van der Waals surface area contributed by atoms with Crippen LogP contribution in [0.5, 0.6) is 0 Å². The maximum atomic E-state index is 12.2. The molecule has 0 N–H and O–H groups in total. The molecule has 1 saturated heterocycles. The van der Waals surface area contributed by atoms with Gasteiger partial charge in [0.15, 0.2) is 0 Å². The Morgan fingerprint density at radius 2 is 1.88 bits per heavy atom. The van der Waals surface area contributed by atoms with Gasteiger partial charge in [-0.05, 0) is 37.1 Å². The summed E-state index contributed by atoms with van der Waals surface area (Å²) < 4.78 is 42.0. The summed E-state index contributed by atoms with van der Waals surface area (Å²) in [4.78, 5) is 17.7. The van der Waals surface area contributed by atoms with Crippen molar-refractivity contribution in [2.24, 2.45) is 0 Å². The van der Waals surface area contributed by atoms with Crippen molar-refractivity contribution in [1.82, 2.24) is 15.0 Å². The highest BCUT2D eigenvalue weighted by atomic mass is 35.5. The van der Waals surface area contributed by atoms with Gasteiger partial charge in [-0.25, -0.2) is 0 Å². The van der Waals surface area contributed by atoms with E-state index in [-0.39, 0.29) is 5.92 Å². The Balaban J connectivity index is 1.55. The van der Waals surface area contributed by atoms with Crippen LogP contribution >= 0.6 is 11.6 Å². The number of piperidine rings is 1. The zero-order chi connectivity index (χ0) is 18.7. The smallest absolute Gasteiger partial charge is 0.343 e. The Kier molecular flexibility index (Phi) is 5.50. The third-order valence-corrected chi connectivity index (χ3v) is 4.62. The molecule has 1 amide bonds. The lowest BCUT2D eigenvalue weighted by molar-refractivity contribution is -0.149. The molecular weight excluding hydrogens is 371 g/mol. The third kappa shape index (κ3) is 4.75. The molecular formula is C17H17ClF3N3O2. The van der Waals surface area contributed by atoms with E-state index in [4.69, 9.17) is 16.1 Å². The van der Waals surface area contributed by atoms with E-state index < -0.39 is 24.9 Å². The van der Waals surface area contributed by atoms with E-state index in [1.807, 2.05) is 0 Å². The van der Waals surface area contributed by atoms with E-state index in [9.17, 15) is 18.0 Å². The van der Waals surface area contributed by atoms with Crippen LogP contribution in [0.1, 0.15) is 37.5 Å². The molecule has 0 aliphatic carbocycles. The predicted molar refractivity (Wildman–Crippen MR) is 88.6 cm³/mol. The van der Waals surface area contributed by atoms with Crippen LogP contribution in [0.25, 0.3) is 11.4 Å². The normalized spacial score (nSPS) is 16.1. The second-order valence-electron chi connectivity index (χ2n) is 6.23. The molecule has 140 valence electrons. The van der Waals surface area contributed by atoms with Crippen molar-refractivity contribution in [1.29, 1.82) is 0 Å². The molecule has 0 bridgehead atoms. The number of rotatable bonds is 4. The van der Waals surface area contributed by atoms with Gasteiger partial charge in [-0.2, -0.15) is 18.2 Å². The quantitative estimate of drug-likeness (QED) is 0.778. The highest BCUT2D eigenvalue weighted by Crippen LogP contribution is 2.30. The second kappa shape index (κ2) is 7.65. The number of alkyl halides is 3. The molecule has 5 nitrogen and oxygen atoms in total. The van der Waals surface area contributed by atoms with Gasteiger partial charge < -0.3 is 9.42 Å². The van der Waals surface area contributed by atoms with Crippen LogP contribution < -0.4 is 0 Å². The Morgan fingerprint density at radius 1 is 1.23 bits per heavy atom. The molecule has 0 unspecified atom stereocenters. The highest BCUT2D eigenvalue weighted by molar-refractivity contribution is 6.30. The Bertz CT molecular complexity index is 753. The molecule has 0 saturated carbocycles. The van der Waals surface area contributed by atoms with Gasteiger partial charge in [0.1, 0.15) is 0 Å². The highest BCUT2D eigenvalue weighted by Gasteiger charge is 2.31. The summed E-state index contributed by atoms with van der Waals surface area (Å²) in [7, 11) is 0. The van der Waals surface area contributed by atoms with Gasteiger partial charge in [0.05, 0.1) is 6.42 Å². The number of aromatic nitrogens is 2. The van der Waals surface area contributed by atoms with Crippen LogP contribution in [0.15, 0.2) is 28.8 Å². The fourth-order valence-corrected chi connectivity index (χ4v) is 3.03. The molecule has 1 aromatic heterocycles. The number of carbonyl (C=O) groups excluding carboxylic acids is 1. The summed E-state index contributed by atoms with van der Waals surface area (Å²) >= 11 is 5.85. The zero-order valence-electron chi connectivity index (χ0n) is 13.8. The average molecular weight is 388 g/mol. The largest absolute Gasteiger partial charge is 0.389 e. The third-order valence-electron chi connectivity index (χ3n) is 4.36. The zero-order valence-corrected chi connectivity index (χ0v) is 14.6. The first-order valence-corrected chi connectivity index (χ1v) is 8.64. The van der Waals surface area contributed by atoms with Crippen LogP contribution in [-0.2, 0) is 4.79 Å². The van der Waals surface area contributed by atoms with Crippen LogP contribution in [0, 0.1) is 0 Å². The monoisotopic (exact) mass is 387 g/mol. The summed E-state index contributed by atoms with van der Waals surface area (Å²) in [6.07, 6.45) is -4.73. The van der Waals surface area contributed by atoms with Crippen LogP contribution in [0.4, 0.5) is 13.2 Å². The molecule has 0 spiro atoms. The fraction of sp³-hybridized carbons (Fsp3) is 0.471. The second-order valence-corrected chi connectivity index (χ2v) is 6.67. The van der Waals surface area contributed by atoms with Gasteiger partial charge in [0, 0.05) is 36.0 Å². The van der Waals surface area contributed by atoms with E-state index in [1.54, 1.807) is 24.3 Å². The summed E-state index contributed by atoms with van der Waals surface area (Å²) in [5.41, 5.74) is 0.782. The van der Waals surface area contributed by atoms with E-state index >= 15 is 0 Å². The molecule has 2 heterocycles. The Labute approximate surface area is 153 Å². The number of nitrogens with zero attached hydrogens (tertiary/aromatic N) is 3. The Hall–Kier alpha value is -2.09. The summed E-state index contributed by atoms with van der Waals surface area (Å²) in [5.74, 6) is 0.473. The standard InChI is InChI=1S/C17H17ClF3N3O2/c18-13-3-1-11(2-4-13)15-22-16(26-23-15)12-6-9-24(10-7-12)14(25)5-8-17(19,20)21/h1-4,12H,5-10H2. The predicted octanol–water partition coefficient (Wildman–Crippen LogP) is 4.44. The molecule has 1 aliphatic heterocycles. The lowest BCUT2D eigenvalue weighted by atomic mass is 9.96. The molecule has 26 heavy (non-hydrogen) atoms. The minimum atomic E-state index is -4.31. The van der Waals surface area contributed by atoms with Crippen molar-refractivity contribution in [2.45, 2.75) is 37.8 Å². The number of benzene rings is 1. The van der Waals surface area contributed by atoms with Crippen LogP contribution in [0.3, 0.4) is 0 Å². The molecule has 3 rings (SSSR count). The van der Waals surface area contributed by atoms with Crippen LogP contribution in [-0.4, -0.2) is 40.2 Å². The first-order valence-electron chi connectivity index (χ1n) is 8.26. The van der Waals surface area contributed by atoms with Crippen molar-refractivity contribution < 1.29 is 22.5 Å². The molecule has 0 atom stereocenters. The van der Waals surface area contributed by atoms with Gasteiger partial charge in [-0.1, -0.05) is 16.8 Å². The van der Waals surface area contributed by atoms with Gasteiger partial charge in [-0.3, -0.25) is 4.79 Å². The lowest BCUT2D eigenvalue weighted by Crippen LogP contribution is -2.38. The van der Waals surface area contributed by atoms with Gasteiger partial charge in [-0.15, -0.1) is 0 Å². The minimum Gasteiger partial charge on any atom is -0.343 e. The van der Waals surface area contributed by atoms with E-state index in [0.29, 0.717) is 42.7 Å². The summed E-state index contributed by atoms with van der Waals surface area (Å²) in [6.45, 7) is 0.778. The number of halogens is 4. The van der Waals surface area contributed by atoms with Crippen molar-refractivity contribution >= 4 is 17.5 Å². The number of hydrogen-bond acceptors (Lipinski definition) is 4. The van der Waals surface area contributed by atoms with Crippen molar-refractivity contribution in [2.75, 3.05) is 13.1 Å². The summed E-state index contributed by atoms with van der Waals surface area (Å²) in [5, 5.41) is 4.58. The van der Waals surface area contributed by atoms with Crippen LogP contribution in [0.2, 0.25) is 5.02 Å². The first-order chi connectivity index (χ1) is 12.3. The Morgan fingerprint density at radius 3 is 2.50 bits per heavy atom. The number of likely N-dealkylation sites (tertiary alicyclic amines) is 1. The maximum absolute atomic E-state index is 12.2. The fourth-order valence-electron chi connectivity index (χ4n) is 2.90. The molecule has 9 heteroatoms. The average Bonchev–Trinajstić information content (AvgIpc) is 3.10. The SMILES string of the molecule is O=C(CCC(F)(F)F)N1CCC(c2nc(-c3ccc(Cl)cc3)no2)CC1. The minimum absolute atomic E-state index is 0.00443. The van der Waals surface area contributed by atoms with Gasteiger partial charge >= 0.3 is 6.18 Å². The number of hydrogen-bond donors (Lipinski definition) is 0. The van der Waals surface area contributed by atoms with Crippen molar-refractivity contribution in [3.05, 3.63) is 35.2 Å². The lowest BCUT2D eigenvalue weighted by Gasteiger charge is -2.30. The van der Waals surface area contributed by atoms with Gasteiger partial charge in [0.25, 0.3) is 0 Å². The van der Waals surface area contributed by atoms with E-state index in [1.165, 1.54) is 4.90 Å². The molecule has 0 radical (unpaired) electrons. The van der Waals surface area contributed by atoms with Crippen molar-refractivity contribution in [3.63, 3.8) is 0 Å². The van der Waals surface area contributed by atoms with E-state index in [2.05, 4.69) is 10.1 Å². The molecule has 1 aromatic carbocycles. The molecule has 2 aromatic rings. The molecule has 1 fully saturated rings. The van der Waals surface area contributed by atoms with E-state index in [0.717, 1.165) is 5.56 Å².